The van der Waals surface area contributed by atoms with Gasteiger partial charge in [-0.1, -0.05) is 42.5 Å². The van der Waals surface area contributed by atoms with Crippen molar-refractivity contribution in [1.82, 2.24) is 19.9 Å². The van der Waals surface area contributed by atoms with Crippen molar-refractivity contribution < 1.29 is 4.92 Å². The lowest BCUT2D eigenvalue weighted by Crippen LogP contribution is -2.10. The summed E-state index contributed by atoms with van der Waals surface area (Å²) < 4.78 is 0. The van der Waals surface area contributed by atoms with E-state index in [0.717, 1.165) is 28.6 Å². The normalized spacial score (nSPS) is 9.58. The van der Waals surface area contributed by atoms with Crippen molar-refractivity contribution in [2.75, 3.05) is 28.3 Å². The monoisotopic (exact) mass is 1000 g/mol. The molecule has 0 bridgehead atoms. The minimum Gasteiger partial charge on any atom is -0.399 e. The van der Waals surface area contributed by atoms with Crippen LogP contribution in [0.5, 0.6) is 0 Å². The number of anilines is 5. The Morgan fingerprint density at radius 1 is 0.750 bits per heavy atom. The summed E-state index contributed by atoms with van der Waals surface area (Å²) in [6.07, 6.45) is 2.26. The first-order valence-corrected chi connectivity index (χ1v) is 26.4. The fraction of sp³-hybridized carbons (Fsp3) is 0.100. The Bertz CT molecular complexity index is 2980. The second-order valence-electron chi connectivity index (χ2n) is 12.5. The number of halogens is 1. The highest BCUT2D eigenvalue weighted by Gasteiger charge is 2.15. The van der Waals surface area contributed by atoms with Crippen molar-refractivity contribution in [2.24, 2.45) is 0 Å². The van der Waals surface area contributed by atoms with Gasteiger partial charge in [-0.25, -0.2) is 9.97 Å². The Morgan fingerprint density at radius 3 is 1.77 bits per heavy atom. The highest BCUT2D eigenvalue weighted by molar-refractivity contribution is 8.68. The maximum atomic E-state index is 10.4. The molecule has 0 fully saturated rings. The minimum absolute atomic E-state index is 0.0375. The first kappa shape index (κ1) is 51.9. The molecular weight excluding hydrogens is 968 g/mol. The SMILES string of the molecule is Cc1cc(CCl)ccc1[N+](=O)[O-].Cc1cc(CNc2nc(N)nc(-c3cccc(C#N)c3)c2C=N)ccc1N.N#Cc1cccc(-c2nc(N)nc(N)c2C=N)c1.S=S=S=S=S=S=S. The van der Waals surface area contributed by atoms with Crippen molar-refractivity contribution in [3.8, 4) is 34.7 Å². The van der Waals surface area contributed by atoms with Crippen LogP contribution in [0.3, 0.4) is 0 Å². The molecule has 0 atom stereocenters. The standard InChI is InChI=1S/C20H19N7.C12H10N6.C8H8ClNO2.S7/c1-12-7-14(5-6-17(12)23)11-25-19-16(10-22)18(26-20(24)27-19)15-4-2-3-13(8-15)9-21;13-5-7-2-1-3-8(4-7)10-9(6-14)11(15)18-12(16)17-10;1-6-4-7(5-9)2-3-8(6)10(11)12;1-3-5-7-6-4-2/h2-8,10,22H,11,23H2,1H3,(H3,24,25,26,27);1-4,6,14H,(H4,15,16,17,18);2-4H,5H2,1H3;. The summed E-state index contributed by atoms with van der Waals surface area (Å²) >= 11 is 14.7. The quantitative estimate of drug-likeness (QED) is 0.0255. The van der Waals surface area contributed by atoms with Gasteiger partial charge in [0.25, 0.3) is 5.69 Å². The van der Waals surface area contributed by atoms with Gasteiger partial charge in [0.05, 0.1) is 50.7 Å². The van der Waals surface area contributed by atoms with E-state index in [1.54, 1.807) is 88.2 Å². The van der Waals surface area contributed by atoms with E-state index in [2.05, 4.69) is 53.7 Å². The van der Waals surface area contributed by atoms with Gasteiger partial charge in [0, 0.05) is 120 Å². The number of aromatic nitrogens is 4. The summed E-state index contributed by atoms with van der Waals surface area (Å²) in [5, 5.41) is 46.8. The molecule has 0 aliphatic heterocycles. The van der Waals surface area contributed by atoms with Crippen molar-refractivity contribution >= 4 is 126 Å². The summed E-state index contributed by atoms with van der Waals surface area (Å²) in [6.45, 7) is 4.15. The van der Waals surface area contributed by atoms with Crippen molar-refractivity contribution in [1.29, 1.82) is 21.3 Å². The molecule has 328 valence electrons. The number of hydrogen-bond acceptors (Lipinski definition) is 17. The van der Waals surface area contributed by atoms with E-state index in [9.17, 15) is 10.1 Å². The third kappa shape index (κ3) is 15.7. The number of nitrogens with one attached hydrogen (secondary N) is 3. The Hall–Kier alpha value is -6.41. The number of nitrogen functional groups attached to an aromatic ring is 4. The van der Waals surface area contributed by atoms with Crippen LogP contribution in [0.2, 0.25) is 0 Å². The van der Waals surface area contributed by atoms with E-state index in [-0.39, 0.29) is 23.4 Å². The predicted molar refractivity (Wildman–Crippen MR) is 275 cm³/mol. The molecule has 0 saturated carbocycles. The van der Waals surface area contributed by atoms with E-state index < -0.39 is 4.92 Å². The Labute approximate surface area is 397 Å². The van der Waals surface area contributed by atoms with Crippen molar-refractivity contribution in [3.63, 3.8) is 0 Å². The average molecular weight is 1010 g/mol. The molecule has 2 heterocycles. The summed E-state index contributed by atoms with van der Waals surface area (Å²) in [5.74, 6) is 1.13. The lowest BCUT2D eigenvalue weighted by atomic mass is 10.0. The number of nitrogens with two attached hydrogens (primary N) is 4. The van der Waals surface area contributed by atoms with Gasteiger partial charge >= 0.3 is 0 Å². The molecule has 0 radical (unpaired) electrons. The Kier molecular flexibility index (Phi) is 21.9. The number of alkyl halides is 1. The van der Waals surface area contributed by atoms with Crippen LogP contribution in [0.4, 0.5) is 34.9 Å². The topological polar surface area (TPSA) is 306 Å². The van der Waals surface area contributed by atoms with E-state index in [1.165, 1.54) is 30.0 Å². The summed E-state index contributed by atoms with van der Waals surface area (Å²) in [5.41, 5.74) is 31.7. The van der Waals surface area contributed by atoms with E-state index in [1.807, 2.05) is 37.3 Å². The van der Waals surface area contributed by atoms with Crippen LogP contribution in [0.15, 0.2) is 84.9 Å². The van der Waals surface area contributed by atoms with E-state index >= 15 is 0 Å². The van der Waals surface area contributed by atoms with Gasteiger partial charge in [-0.15, -0.1) is 11.6 Å². The molecule has 0 aliphatic carbocycles. The molecular formula is C40H37ClN14O2S7. The molecule has 0 unspecified atom stereocenters. The van der Waals surface area contributed by atoms with Crippen molar-refractivity contribution in [2.45, 2.75) is 26.3 Å². The van der Waals surface area contributed by atoms with E-state index in [4.69, 9.17) is 55.9 Å². The summed E-state index contributed by atoms with van der Waals surface area (Å²) in [4.78, 5) is 26.4. The maximum Gasteiger partial charge on any atom is 0.272 e. The lowest BCUT2D eigenvalue weighted by molar-refractivity contribution is -0.385. The summed E-state index contributed by atoms with van der Waals surface area (Å²) in [6, 6.07) is 28.7. The second kappa shape index (κ2) is 26.9. The number of nitro benzene ring substituents is 1. The number of nitriles is 2. The van der Waals surface area contributed by atoms with Crippen LogP contribution in [0.25, 0.3) is 22.5 Å². The fourth-order valence-corrected chi connectivity index (χ4v) is 13.8. The molecule has 0 aliphatic rings. The van der Waals surface area contributed by atoms with E-state index in [0.29, 0.717) is 68.6 Å². The molecule has 11 N–H and O–H groups in total. The van der Waals surface area contributed by atoms with Gasteiger partial charge in [0.15, 0.2) is 0 Å². The summed E-state index contributed by atoms with van der Waals surface area (Å²) in [7, 11) is 7.36. The molecule has 6 aromatic rings. The molecule has 4 aromatic carbocycles. The average Bonchev–Trinajstić information content (AvgIpc) is 3.29. The third-order valence-corrected chi connectivity index (χ3v) is 17.5. The number of rotatable bonds is 9. The maximum absolute atomic E-state index is 10.4. The first-order valence-electron chi connectivity index (χ1n) is 17.8. The molecule has 2 aromatic heterocycles. The van der Waals surface area contributed by atoms with Crippen LogP contribution >= 0.6 is 11.6 Å². The van der Waals surface area contributed by atoms with Crippen LogP contribution in [-0.4, -0.2) is 37.3 Å². The van der Waals surface area contributed by atoms with Crippen LogP contribution in [0.1, 0.15) is 44.5 Å². The van der Waals surface area contributed by atoms with Gasteiger partial charge in [-0.05, 0) is 66.9 Å². The zero-order chi connectivity index (χ0) is 47.2. The molecule has 0 amide bonds. The highest BCUT2D eigenvalue weighted by atomic mass is 35.5. The molecule has 24 heteroatoms. The molecule has 16 nitrogen and oxygen atoms in total. The first-order chi connectivity index (χ1) is 30.7. The van der Waals surface area contributed by atoms with Crippen LogP contribution < -0.4 is 28.3 Å². The van der Waals surface area contributed by atoms with Gasteiger partial charge in [-0.3, -0.25) is 10.1 Å². The molecule has 0 saturated heterocycles. The third-order valence-electron chi connectivity index (χ3n) is 8.29. The van der Waals surface area contributed by atoms with Gasteiger partial charge < -0.3 is 39.1 Å². The van der Waals surface area contributed by atoms with Crippen LogP contribution in [0, 0.1) is 57.4 Å². The smallest absolute Gasteiger partial charge is 0.272 e. The zero-order valence-corrected chi connectivity index (χ0v) is 40.1. The fourth-order valence-electron chi connectivity index (χ4n) is 5.39. The molecule has 6 rings (SSSR count). The van der Waals surface area contributed by atoms with Gasteiger partial charge in [-0.2, -0.15) is 20.5 Å². The predicted octanol–water partition coefficient (Wildman–Crippen LogP) is 6.90. The highest BCUT2D eigenvalue weighted by Crippen LogP contribution is 2.28. The number of hydrogen-bond donors (Lipinski definition) is 7. The molecule has 64 heavy (non-hydrogen) atoms. The zero-order valence-electron chi connectivity index (χ0n) is 33.6. The number of aryl methyl sites for hydroxylation is 2. The number of nitrogens with zero attached hydrogens (tertiary/aromatic N) is 7. The number of benzene rings is 4. The second-order valence-corrected chi connectivity index (χ2v) is 21.6. The Balaban J connectivity index is 0.000000253. The minimum atomic E-state index is -0.395. The lowest BCUT2D eigenvalue weighted by Gasteiger charge is -2.13. The largest absolute Gasteiger partial charge is 0.399 e. The van der Waals surface area contributed by atoms with Crippen LogP contribution in [-0.2, 0) is 79.2 Å². The molecule has 0 spiro atoms. The number of nitro groups is 1. The van der Waals surface area contributed by atoms with Crippen molar-refractivity contribution in [3.05, 3.63) is 140 Å². The van der Waals surface area contributed by atoms with Gasteiger partial charge in [0.2, 0.25) is 11.9 Å². The van der Waals surface area contributed by atoms with Gasteiger partial charge in [0.1, 0.15) is 11.6 Å². The Morgan fingerprint density at radius 2 is 1.28 bits per heavy atom.